The van der Waals surface area contributed by atoms with Crippen molar-refractivity contribution in [3.8, 4) is 17.7 Å². The van der Waals surface area contributed by atoms with Crippen LogP contribution in [0.25, 0.3) is 0 Å². The zero-order valence-corrected chi connectivity index (χ0v) is 14.7. The lowest BCUT2D eigenvalue weighted by molar-refractivity contribution is 0.103. The molecule has 0 amide bonds. The van der Waals surface area contributed by atoms with E-state index in [-0.39, 0.29) is 23.2 Å². The van der Waals surface area contributed by atoms with Gasteiger partial charge in [-0.3, -0.25) is 14.2 Å². The lowest BCUT2D eigenvalue weighted by atomic mass is 9.97. The van der Waals surface area contributed by atoms with Gasteiger partial charge in [0.15, 0.2) is 5.78 Å². The van der Waals surface area contributed by atoms with Crippen molar-refractivity contribution < 1.29 is 19.1 Å². The predicted molar refractivity (Wildman–Crippen MR) is 96.1 cm³/mol. The number of nitrogens with zero attached hydrogens (tertiary/aromatic N) is 2. The standard InChI is InChI=1S/C20H16N2O5/c1-12-16(10-21)19(24)22(11-15-4-3-9-27-15)20(25)17(12)18(23)13-5-7-14(26-2)8-6-13/h3-9,25H,11H2,1-2H3. The monoisotopic (exact) mass is 364 g/mol. The number of aromatic nitrogens is 1. The van der Waals surface area contributed by atoms with Crippen molar-refractivity contribution >= 4 is 5.78 Å². The molecule has 1 N–H and O–H groups in total. The second-order valence-electron chi connectivity index (χ2n) is 5.84. The van der Waals surface area contributed by atoms with Crippen LogP contribution in [0.2, 0.25) is 0 Å². The van der Waals surface area contributed by atoms with E-state index < -0.39 is 17.2 Å². The largest absolute Gasteiger partial charge is 0.497 e. The topological polar surface area (TPSA) is 105 Å². The van der Waals surface area contributed by atoms with Crippen molar-refractivity contribution in [2.24, 2.45) is 0 Å². The Labute approximate surface area is 154 Å². The fourth-order valence-electron chi connectivity index (χ4n) is 2.81. The first-order chi connectivity index (χ1) is 13.0. The molecule has 3 aromatic rings. The summed E-state index contributed by atoms with van der Waals surface area (Å²) in [7, 11) is 1.51. The minimum atomic E-state index is -0.685. The molecule has 0 spiro atoms. The van der Waals surface area contributed by atoms with Gasteiger partial charge in [-0.2, -0.15) is 5.26 Å². The average molecular weight is 364 g/mol. The number of methoxy groups -OCH3 is 1. The molecule has 0 saturated carbocycles. The number of hydrogen-bond acceptors (Lipinski definition) is 6. The summed E-state index contributed by atoms with van der Waals surface area (Å²) in [6.07, 6.45) is 1.43. The zero-order valence-electron chi connectivity index (χ0n) is 14.7. The minimum absolute atomic E-state index is 0.0946. The Morgan fingerprint density at radius 1 is 1.30 bits per heavy atom. The number of aromatic hydroxyl groups is 1. The molecular formula is C20H16N2O5. The van der Waals surface area contributed by atoms with Crippen molar-refractivity contribution in [2.45, 2.75) is 13.5 Å². The van der Waals surface area contributed by atoms with E-state index in [4.69, 9.17) is 9.15 Å². The summed E-state index contributed by atoms with van der Waals surface area (Å²) in [4.78, 5) is 25.5. The van der Waals surface area contributed by atoms with Crippen LogP contribution in [0.3, 0.4) is 0 Å². The Morgan fingerprint density at radius 3 is 2.56 bits per heavy atom. The van der Waals surface area contributed by atoms with E-state index in [1.807, 2.05) is 6.07 Å². The highest BCUT2D eigenvalue weighted by molar-refractivity contribution is 6.11. The smallest absolute Gasteiger partial charge is 0.271 e. The number of benzene rings is 1. The van der Waals surface area contributed by atoms with Crippen LogP contribution in [0.1, 0.15) is 32.8 Å². The van der Waals surface area contributed by atoms with Crippen molar-refractivity contribution in [1.82, 2.24) is 4.57 Å². The highest BCUT2D eigenvalue weighted by Gasteiger charge is 2.25. The van der Waals surface area contributed by atoms with Crippen LogP contribution in [0.4, 0.5) is 0 Å². The maximum atomic E-state index is 13.0. The summed E-state index contributed by atoms with van der Waals surface area (Å²) < 4.78 is 11.2. The van der Waals surface area contributed by atoms with Gasteiger partial charge in [0, 0.05) is 5.56 Å². The lowest BCUT2D eigenvalue weighted by Crippen LogP contribution is -2.27. The van der Waals surface area contributed by atoms with Gasteiger partial charge in [0.2, 0.25) is 5.88 Å². The summed E-state index contributed by atoms with van der Waals surface area (Å²) in [5.41, 5.74) is -0.549. The second kappa shape index (κ2) is 7.22. The molecule has 0 radical (unpaired) electrons. The first kappa shape index (κ1) is 18.0. The Morgan fingerprint density at radius 2 is 2.00 bits per heavy atom. The molecule has 27 heavy (non-hydrogen) atoms. The normalized spacial score (nSPS) is 10.4. The van der Waals surface area contributed by atoms with Crippen molar-refractivity contribution in [3.05, 3.63) is 81.0 Å². The van der Waals surface area contributed by atoms with E-state index in [0.717, 1.165) is 4.57 Å². The maximum absolute atomic E-state index is 13.0. The molecule has 0 aliphatic heterocycles. The number of furan rings is 1. The van der Waals surface area contributed by atoms with E-state index in [1.54, 1.807) is 36.4 Å². The zero-order chi connectivity index (χ0) is 19.6. The molecule has 0 saturated heterocycles. The van der Waals surface area contributed by atoms with Crippen LogP contribution in [0, 0.1) is 18.3 Å². The SMILES string of the molecule is COc1ccc(C(=O)c2c(C)c(C#N)c(=O)n(Cc3ccco3)c2O)cc1. The van der Waals surface area contributed by atoms with Gasteiger partial charge in [-0.05, 0) is 48.9 Å². The van der Waals surface area contributed by atoms with Gasteiger partial charge in [0.1, 0.15) is 23.1 Å². The molecule has 0 aliphatic carbocycles. The molecule has 136 valence electrons. The van der Waals surface area contributed by atoms with Crippen LogP contribution in [0.5, 0.6) is 11.6 Å². The Hall–Kier alpha value is -3.79. The molecule has 1 aromatic carbocycles. The summed E-state index contributed by atoms with van der Waals surface area (Å²) >= 11 is 0. The van der Waals surface area contributed by atoms with Gasteiger partial charge in [-0.1, -0.05) is 0 Å². The molecule has 0 aliphatic rings. The van der Waals surface area contributed by atoms with Crippen molar-refractivity contribution in [1.29, 1.82) is 5.26 Å². The van der Waals surface area contributed by atoms with E-state index in [9.17, 15) is 20.0 Å². The number of ketones is 1. The molecule has 2 heterocycles. The number of carbonyl (C=O) groups excluding carboxylic acids is 1. The first-order valence-electron chi connectivity index (χ1n) is 8.05. The first-order valence-corrected chi connectivity index (χ1v) is 8.05. The van der Waals surface area contributed by atoms with E-state index in [0.29, 0.717) is 17.1 Å². The number of rotatable bonds is 5. The summed E-state index contributed by atoms with van der Waals surface area (Å²) in [5.74, 6) is -0.0259. The van der Waals surface area contributed by atoms with Gasteiger partial charge in [0.05, 0.1) is 25.5 Å². The maximum Gasteiger partial charge on any atom is 0.271 e. The van der Waals surface area contributed by atoms with Crippen LogP contribution in [-0.2, 0) is 6.54 Å². The third-order valence-electron chi connectivity index (χ3n) is 4.27. The highest BCUT2D eigenvalue weighted by Crippen LogP contribution is 2.26. The fourth-order valence-corrected chi connectivity index (χ4v) is 2.81. The van der Waals surface area contributed by atoms with E-state index >= 15 is 0 Å². The summed E-state index contributed by atoms with van der Waals surface area (Å²) in [6.45, 7) is 1.36. The van der Waals surface area contributed by atoms with Gasteiger partial charge < -0.3 is 14.3 Å². The van der Waals surface area contributed by atoms with Gasteiger partial charge in [0.25, 0.3) is 5.56 Å². The molecule has 7 heteroatoms. The van der Waals surface area contributed by atoms with Gasteiger partial charge >= 0.3 is 0 Å². The number of carbonyl (C=O) groups is 1. The van der Waals surface area contributed by atoms with Crippen molar-refractivity contribution in [2.75, 3.05) is 7.11 Å². The average Bonchev–Trinajstić information content (AvgIpc) is 3.19. The highest BCUT2D eigenvalue weighted by atomic mass is 16.5. The number of hydrogen-bond donors (Lipinski definition) is 1. The molecule has 0 unspecified atom stereocenters. The minimum Gasteiger partial charge on any atom is -0.497 e. The fraction of sp³-hybridized carbons (Fsp3) is 0.150. The predicted octanol–water partition coefficient (Wildman–Crippen LogP) is 2.61. The van der Waals surface area contributed by atoms with Gasteiger partial charge in [-0.25, -0.2) is 0 Å². The summed E-state index contributed by atoms with van der Waals surface area (Å²) in [6, 6.07) is 11.4. The molecule has 7 nitrogen and oxygen atoms in total. The van der Waals surface area contributed by atoms with E-state index in [1.165, 1.54) is 20.3 Å². The number of nitriles is 1. The quantitative estimate of drug-likeness (QED) is 0.698. The molecular weight excluding hydrogens is 348 g/mol. The third kappa shape index (κ3) is 3.20. The lowest BCUT2D eigenvalue weighted by Gasteiger charge is -2.15. The van der Waals surface area contributed by atoms with Crippen LogP contribution < -0.4 is 10.3 Å². The Kier molecular flexibility index (Phi) is 4.81. The molecule has 0 fully saturated rings. The molecule has 3 rings (SSSR count). The number of pyridine rings is 1. The van der Waals surface area contributed by atoms with Crippen molar-refractivity contribution in [3.63, 3.8) is 0 Å². The Balaban J connectivity index is 2.17. The summed E-state index contributed by atoms with van der Waals surface area (Å²) in [5, 5.41) is 20.1. The van der Waals surface area contributed by atoms with Crippen LogP contribution in [0.15, 0.2) is 51.9 Å². The third-order valence-corrected chi connectivity index (χ3v) is 4.27. The molecule has 2 aromatic heterocycles. The second-order valence-corrected chi connectivity index (χ2v) is 5.84. The van der Waals surface area contributed by atoms with E-state index in [2.05, 4.69) is 0 Å². The number of ether oxygens (including phenoxy) is 1. The van der Waals surface area contributed by atoms with Gasteiger partial charge in [-0.15, -0.1) is 0 Å². The van der Waals surface area contributed by atoms with Crippen LogP contribution >= 0.6 is 0 Å². The van der Waals surface area contributed by atoms with Crippen LogP contribution in [-0.4, -0.2) is 22.6 Å². The molecule has 0 atom stereocenters. The Bertz CT molecular complexity index is 1090. The molecule has 0 bridgehead atoms.